The molecule has 0 bridgehead atoms. The van der Waals surface area contributed by atoms with E-state index in [9.17, 15) is 26.3 Å². The van der Waals surface area contributed by atoms with Crippen LogP contribution in [0.1, 0.15) is 0 Å². The summed E-state index contributed by atoms with van der Waals surface area (Å²) in [6.45, 7) is 2.44. The molecule has 0 aliphatic carbocycles. The molecule has 2 nitrogen and oxygen atoms in total. The highest BCUT2D eigenvalue weighted by Gasteiger charge is 2.36. The molecular weight excluding hydrogens is 226 g/mol. The van der Waals surface area contributed by atoms with E-state index in [0.29, 0.717) is 0 Å². The molecule has 0 saturated heterocycles. The number of halogens is 6. The lowest BCUT2D eigenvalue weighted by atomic mass is 10.1. The summed E-state index contributed by atoms with van der Waals surface area (Å²) in [5.41, 5.74) is -0.465. The third-order valence-electron chi connectivity index (χ3n) is 1.29. The lowest BCUT2D eigenvalue weighted by Crippen LogP contribution is -2.23. The fourth-order valence-corrected chi connectivity index (χ4v) is 0.477. The number of allylic oxidation sites excluding steroid dienone is 3. The number of rotatable bonds is 2. The maximum absolute atomic E-state index is 11.9. The fourth-order valence-electron chi connectivity index (χ4n) is 0.477. The largest absolute Gasteiger partial charge is 0.430 e. The van der Waals surface area contributed by atoms with Gasteiger partial charge in [0.15, 0.2) is 0 Å². The molecule has 0 heterocycles. The third kappa shape index (κ3) is 4.05. The highest BCUT2D eigenvalue weighted by Crippen LogP contribution is 2.27. The Hall–Kier alpha value is -1.47. The summed E-state index contributed by atoms with van der Waals surface area (Å²) in [5.74, 6) is 0. The average molecular weight is 232 g/mol. The minimum atomic E-state index is -4.96. The van der Waals surface area contributed by atoms with Crippen molar-refractivity contribution < 1.29 is 26.3 Å². The van der Waals surface area contributed by atoms with Crippen LogP contribution in [0, 0.1) is 5.41 Å². The van der Waals surface area contributed by atoms with E-state index in [1.165, 1.54) is 0 Å². The van der Waals surface area contributed by atoms with E-state index in [2.05, 4.69) is 12.3 Å². The molecule has 15 heavy (non-hydrogen) atoms. The minimum absolute atomic E-state index is 0.129. The minimum Gasteiger partial charge on any atom is -0.395 e. The van der Waals surface area contributed by atoms with Gasteiger partial charge in [-0.3, -0.25) is 0 Å². The number of hydrogen-bond acceptors (Lipinski definition) is 2. The van der Waals surface area contributed by atoms with Gasteiger partial charge in [-0.2, -0.15) is 26.3 Å². The fraction of sp³-hybridized carbons (Fsp3) is 0.286. The first-order valence-electron chi connectivity index (χ1n) is 3.35. The van der Waals surface area contributed by atoms with Crippen LogP contribution >= 0.6 is 0 Å². The molecule has 0 unspecified atom stereocenters. The van der Waals surface area contributed by atoms with Crippen LogP contribution in [0.3, 0.4) is 0 Å². The van der Waals surface area contributed by atoms with Crippen LogP contribution in [0.25, 0.3) is 0 Å². The van der Waals surface area contributed by atoms with Gasteiger partial charge in [-0.1, -0.05) is 6.58 Å². The van der Waals surface area contributed by atoms with Crippen LogP contribution in [-0.4, -0.2) is 18.1 Å². The average Bonchev–Trinajstić information content (AvgIpc) is 1.99. The van der Waals surface area contributed by atoms with Gasteiger partial charge >= 0.3 is 12.4 Å². The van der Waals surface area contributed by atoms with Gasteiger partial charge in [0.25, 0.3) is 0 Å². The van der Waals surface area contributed by atoms with Crippen LogP contribution in [-0.2, 0) is 0 Å². The normalized spacial score (nSPS) is 13.9. The molecule has 0 aromatic rings. The van der Waals surface area contributed by atoms with Crippen LogP contribution in [0.4, 0.5) is 26.3 Å². The molecule has 0 amide bonds. The SMILES string of the molecule is C=C(C(=N)C=C(N)C(F)(F)F)C(F)(F)F. The van der Waals surface area contributed by atoms with Crippen LogP contribution in [0.2, 0.25) is 0 Å². The van der Waals surface area contributed by atoms with Crippen molar-refractivity contribution in [1.82, 2.24) is 0 Å². The van der Waals surface area contributed by atoms with E-state index < -0.39 is 29.3 Å². The highest BCUT2D eigenvalue weighted by atomic mass is 19.4. The van der Waals surface area contributed by atoms with Crippen molar-refractivity contribution >= 4 is 5.71 Å². The molecule has 0 rings (SSSR count). The van der Waals surface area contributed by atoms with Crippen molar-refractivity contribution in [3.05, 3.63) is 23.9 Å². The van der Waals surface area contributed by atoms with E-state index in [4.69, 9.17) is 5.41 Å². The molecule has 0 radical (unpaired) electrons. The standard InChI is InChI=1S/C7H6F6N2/c1-3(6(8,9)10)4(14)2-5(15)7(11,12)13/h2,14H,1,15H2. The van der Waals surface area contributed by atoms with Crippen LogP contribution in [0.5, 0.6) is 0 Å². The summed E-state index contributed by atoms with van der Waals surface area (Å²) in [4.78, 5) is 0. The zero-order chi connectivity index (χ0) is 12.4. The lowest BCUT2D eigenvalue weighted by Gasteiger charge is -2.10. The summed E-state index contributed by atoms with van der Waals surface area (Å²) in [6, 6.07) is 0. The maximum atomic E-state index is 11.9. The number of alkyl halides is 6. The molecule has 0 atom stereocenters. The first-order chi connectivity index (χ1) is 6.46. The first-order valence-corrected chi connectivity index (χ1v) is 3.35. The molecule has 0 fully saturated rings. The van der Waals surface area contributed by atoms with E-state index in [-0.39, 0.29) is 6.08 Å². The Morgan fingerprint density at radius 1 is 1.07 bits per heavy atom. The maximum Gasteiger partial charge on any atom is 0.430 e. The molecule has 0 aliphatic heterocycles. The Balaban J connectivity index is 4.87. The predicted molar refractivity (Wildman–Crippen MR) is 41.2 cm³/mol. The predicted octanol–water partition coefficient (Wildman–Crippen LogP) is 2.53. The molecular formula is C7H6F6N2. The van der Waals surface area contributed by atoms with E-state index in [1.807, 2.05) is 0 Å². The summed E-state index contributed by atoms with van der Waals surface area (Å²) < 4.78 is 70.9. The van der Waals surface area contributed by atoms with Gasteiger partial charge < -0.3 is 11.1 Å². The number of nitrogens with one attached hydrogen (secondary N) is 1. The molecule has 0 aliphatic rings. The molecule has 86 valence electrons. The van der Waals surface area contributed by atoms with Gasteiger partial charge in [0, 0.05) is 0 Å². The Morgan fingerprint density at radius 3 is 1.73 bits per heavy atom. The van der Waals surface area contributed by atoms with Gasteiger partial charge in [0.05, 0.1) is 11.3 Å². The summed E-state index contributed by atoms with van der Waals surface area (Å²) in [5, 5.41) is 6.68. The van der Waals surface area contributed by atoms with Crippen LogP contribution < -0.4 is 5.73 Å². The van der Waals surface area contributed by atoms with Gasteiger partial charge in [-0.25, -0.2) is 0 Å². The molecule has 3 N–H and O–H groups in total. The van der Waals surface area contributed by atoms with Crippen molar-refractivity contribution in [2.75, 3.05) is 0 Å². The van der Waals surface area contributed by atoms with Gasteiger partial charge in [0.2, 0.25) is 0 Å². The van der Waals surface area contributed by atoms with Crippen LogP contribution in [0.15, 0.2) is 23.9 Å². The quantitative estimate of drug-likeness (QED) is 0.557. The highest BCUT2D eigenvalue weighted by molar-refractivity contribution is 6.07. The zero-order valence-electron chi connectivity index (χ0n) is 7.13. The third-order valence-corrected chi connectivity index (χ3v) is 1.29. The summed E-state index contributed by atoms with van der Waals surface area (Å²) >= 11 is 0. The van der Waals surface area contributed by atoms with Crippen molar-refractivity contribution in [3.63, 3.8) is 0 Å². The van der Waals surface area contributed by atoms with Crippen molar-refractivity contribution in [2.24, 2.45) is 5.73 Å². The Labute approximate surface area is 80.6 Å². The number of nitrogens with two attached hydrogens (primary N) is 1. The van der Waals surface area contributed by atoms with E-state index in [1.54, 1.807) is 0 Å². The molecule has 0 saturated carbocycles. The van der Waals surface area contributed by atoms with E-state index >= 15 is 0 Å². The Bertz CT molecular complexity index is 308. The molecule has 0 aromatic carbocycles. The second-order valence-electron chi connectivity index (χ2n) is 2.49. The topological polar surface area (TPSA) is 49.9 Å². The molecule has 0 spiro atoms. The summed E-state index contributed by atoms with van der Waals surface area (Å²) in [6.07, 6.45) is -10.0. The van der Waals surface area contributed by atoms with E-state index in [0.717, 1.165) is 0 Å². The van der Waals surface area contributed by atoms with Crippen molar-refractivity contribution in [2.45, 2.75) is 12.4 Å². The summed E-state index contributed by atoms with van der Waals surface area (Å²) in [7, 11) is 0. The molecule has 8 heteroatoms. The van der Waals surface area contributed by atoms with Gasteiger partial charge in [-0.05, 0) is 6.08 Å². The Kier molecular flexibility index (Phi) is 3.56. The second-order valence-corrected chi connectivity index (χ2v) is 2.49. The van der Waals surface area contributed by atoms with Gasteiger partial charge in [0.1, 0.15) is 5.70 Å². The zero-order valence-corrected chi connectivity index (χ0v) is 7.13. The monoisotopic (exact) mass is 232 g/mol. The smallest absolute Gasteiger partial charge is 0.395 e. The number of hydrogen-bond donors (Lipinski definition) is 2. The first kappa shape index (κ1) is 13.5. The second kappa shape index (κ2) is 3.95. The van der Waals surface area contributed by atoms with Crippen molar-refractivity contribution in [3.8, 4) is 0 Å². The lowest BCUT2D eigenvalue weighted by molar-refractivity contribution is -0.0931. The Morgan fingerprint density at radius 2 is 1.47 bits per heavy atom. The molecule has 0 aromatic heterocycles. The van der Waals surface area contributed by atoms with Gasteiger partial charge in [-0.15, -0.1) is 0 Å². The van der Waals surface area contributed by atoms with Crippen molar-refractivity contribution in [1.29, 1.82) is 5.41 Å².